The lowest BCUT2D eigenvalue weighted by molar-refractivity contribution is -0.111. The first-order valence-electron chi connectivity index (χ1n) is 4.60. The van der Waals surface area contributed by atoms with E-state index >= 15 is 0 Å². The number of hydrogen-bond acceptors (Lipinski definition) is 2. The zero-order valence-corrected chi connectivity index (χ0v) is 9.00. The van der Waals surface area contributed by atoms with E-state index in [1.54, 1.807) is 6.08 Å². The predicted octanol–water partition coefficient (Wildman–Crippen LogP) is 2.03. The smallest absolute Gasteiger partial charge is 0.180 e. The van der Waals surface area contributed by atoms with E-state index < -0.39 is 0 Å². The fraction of sp³-hybridized carbons (Fsp3) is 0.545. The van der Waals surface area contributed by atoms with Crippen LogP contribution in [0.15, 0.2) is 23.8 Å². The van der Waals surface area contributed by atoms with E-state index in [-0.39, 0.29) is 5.78 Å². The first-order chi connectivity index (χ1) is 6.07. The Morgan fingerprint density at radius 3 is 2.46 bits per heavy atom. The summed E-state index contributed by atoms with van der Waals surface area (Å²) < 4.78 is 0. The standard InChI is InChI=1S/C11H19NO/c1-5-6-7-11(13)10(2)8-9-12(3)4/h6-8H,5,9H2,1-4H3/b7-6-,10-8-. The summed E-state index contributed by atoms with van der Waals surface area (Å²) in [6, 6.07) is 0. The summed E-state index contributed by atoms with van der Waals surface area (Å²) in [6.45, 7) is 4.69. The monoisotopic (exact) mass is 181 g/mol. The van der Waals surface area contributed by atoms with E-state index in [0.29, 0.717) is 0 Å². The van der Waals surface area contributed by atoms with Gasteiger partial charge in [0.15, 0.2) is 5.78 Å². The van der Waals surface area contributed by atoms with Crippen LogP contribution in [0.4, 0.5) is 0 Å². The molecule has 0 aromatic rings. The molecular formula is C11H19NO. The number of nitrogens with zero attached hydrogens (tertiary/aromatic N) is 1. The molecule has 0 radical (unpaired) electrons. The zero-order chi connectivity index (χ0) is 10.3. The fourth-order valence-corrected chi connectivity index (χ4v) is 0.776. The van der Waals surface area contributed by atoms with Crippen LogP contribution in [0.25, 0.3) is 0 Å². The van der Waals surface area contributed by atoms with Crippen LogP contribution >= 0.6 is 0 Å². The van der Waals surface area contributed by atoms with Crippen molar-refractivity contribution in [3.8, 4) is 0 Å². The van der Waals surface area contributed by atoms with Gasteiger partial charge in [-0.3, -0.25) is 4.79 Å². The van der Waals surface area contributed by atoms with Gasteiger partial charge in [-0.05, 0) is 39.1 Å². The van der Waals surface area contributed by atoms with Gasteiger partial charge < -0.3 is 4.90 Å². The van der Waals surface area contributed by atoms with E-state index in [9.17, 15) is 4.79 Å². The second-order valence-electron chi connectivity index (χ2n) is 3.32. The molecule has 0 unspecified atom stereocenters. The molecule has 0 rings (SSSR count). The number of hydrogen-bond donors (Lipinski definition) is 0. The molecule has 0 spiro atoms. The van der Waals surface area contributed by atoms with E-state index in [1.165, 1.54) is 0 Å². The normalized spacial score (nSPS) is 12.8. The molecule has 0 aromatic heterocycles. The topological polar surface area (TPSA) is 20.3 Å². The summed E-state index contributed by atoms with van der Waals surface area (Å²) in [6.07, 6.45) is 6.38. The lowest BCUT2D eigenvalue weighted by Gasteiger charge is -2.04. The van der Waals surface area contributed by atoms with Crippen molar-refractivity contribution in [2.75, 3.05) is 20.6 Å². The maximum absolute atomic E-state index is 11.3. The van der Waals surface area contributed by atoms with Gasteiger partial charge in [0.25, 0.3) is 0 Å². The molecule has 0 atom stereocenters. The van der Waals surface area contributed by atoms with Crippen LogP contribution in [0.2, 0.25) is 0 Å². The molecule has 2 nitrogen and oxygen atoms in total. The van der Waals surface area contributed by atoms with Crippen molar-refractivity contribution in [3.05, 3.63) is 23.8 Å². The van der Waals surface area contributed by atoms with Crippen molar-refractivity contribution >= 4 is 5.78 Å². The molecule has 0 saturated carbocycles. The average molecular weight is 181 g/mol. The van der Waals surface area contributed by atoms with E-state index in [0.717, 1.165) is 18.5 Å². The van der Waals surface area contributed by atoms with E-state index in [1.807, 2.05) is 45.0 Å². The summed E-state index contributed by atoms with van der Waals surface area (Å²) in [5.74, 6) is 0.115. The highest BCUT2D eigenvalue weighted by Gasteiger charge is 1.98. The number of allylic oxidation sites excluding steroid dienone is 3. The second-order valence-corrected chi connectivity index (χ2v) is 3.32. The van der Waals surface area contributed by atoms with Gasteiger partial charge >= 0.3 is 0 Å². The van der Waals surface area contributed by atoms with Crippen LogP contribution in [0.1, 0.15) is 20.3 Å². The molecule has 0 heterocycles. The molecule has 13 heavy (non-hydrogen) atoms. The van der Waals surface area contributed by atoms with Gasteiger partial charge in [-0.15, -0.1) is 0 Å². The van der Waals surface area contributed by atoms with Crippen LogP contribution in [0.3, 0.4) is 0 Å². The van der Waals surface area contributed by atoms with E-state index in [2.05, 4.69) is 0 Å². The molecule has 0 fully saturated rings. The molecule has 0 N–H and O–H groups in total. The van der Waals surface area contributed by atoms with Crippen molar-refractivity contribution in [1.82, 2.24) is 4.90 Å². The molecule has 0 amide bonds. The van der Waals surface area contributed by atoms with Crippen LogP contribution in [-0.2, 0) is 4.79 Å². The third-order valence-electron chi connectivity index (χ3n) is 1.66. The van der Waals surface area contributed by atoms with Gasteiger partial charge in [0.1, 0.15) is 0 Å². The fourth-order valence-electron chi connectivity index (χ4n) is 0.776. The Morgan fingerprint density at radius 1 is 1.38 bits per heavy atom. The molecule has 0 aliphatic carbocycles. The minimum atomic E-state index is 0.115. The van der Waals surface area contributed by atoms with Gasteiger partial charge in [0.05, 0.1) is 0 Å². The van der Waals surface area contributed by atoms with Crippen LogP contribution in [-0.4, -0.2) is 31.3 Å². The Balaban J connectivity index is 4.09. The SMILES string of the molecule is CC/C=C\C(=O)/C(C)=C\CN(C)C. The first-order valence-corrected chi connectivity index (χ1v) is 4.60. The largest absolute Gasteiger partial charge is 0.306 e. The first kappa shape index (κ1) is 12.1. The van der Waals surface area contributed by atoms with Crippen LogP contribution in [0, 0.1) is 0 Å². The number of rotatable bonds is 5. The maximum Gasteiger partial charge on any atom is 0.180 e. The molecule has 0 aromatic carbocycles. The molecule has 0 bridgehead atoms. The highest BCUT2D eigenvalue weighted by atomic mass is 16.1. The molecule has 0 aliphatic heterocycles. The Hall–Kier alpha value is -0.890. The van der Waals surface area contributed by atoms with Gasteiger partial charge in [-0.1, -0.05) is 19.1 Å². The maximum atomic E-state index is 11.3. The minimum Gasteiger partial charge on any atom is -0.306 e. The summed E-state index contributed by atoms with van der Waals surface area (Å²) in [7, 11) is 3.96. The van der Waals surface area contributed by atoms with Crippen LogP contribution < -0.4 is 0 Å². The molecule has 0 aliphatic rings. The number of carbonyl (C=O) groups is 1. The molecule has 2 heteroatoms. The van der Waals surface area contributed by atoms with Crippen LogP contribution in [0.5, 0.6) is 0 Å². The Labute approximate surface area is 80.9 Å². The van der Waals surface area contributed by atoms with Crippen molar-refractivity contribution in [2.24, 2.45) is 0 Å². The van der Waals surface area contributed by atoms with Gasteiger partial charge in [-0.25, -0.2) is 0 Å². The molecular weight excluding hydrogens is 162 g/mol. The molecule has 74 valence electrons. The third-order valence-corrected chi connectivity index (χ3v) is 1.66. The summed E-state index contributed by atoms with van der Waals surface area (Å²) in [5.41, 5.74) is 0.818. The van der Waals surface area contributed by atoms with Crippen molar-refractivity contribution < 1.29 is 4.79 Å². The van der Waals surface area contributed by atoms with Crippen molar-refractivity contribution in [3.63, 3.8) is 0 Å². The van der Waals surface area contributed by atoms with Gasteiger partial charge in [-0.2, -0.15) is 0 Å². The quantitative estimate of drug-likeness (QED) is 0.605. The summed E-state index contributed by atoms with van der Waals surface area (Å²) >= 11 is 0. The molecule has 0 saturated heterocycles. The zero-order valence-electron chi connectivity index (χ0n) is 9.00. The lowest BCUT2D eigenvalue weighted by Crippen LogP contribution is -2.12. The Morgan fingerprint density at radius 2 is 2.00 bits per heavy atom. The highest BCUT2D eigenvalue weighted by molar-refractivity contribution is 6.03. The number of likely N-dealkylation sites (N-methyl/N-ethyl adjacent to an activating group) is 1. The van der Waals surface area contributed by atoms with Crippen molar-refractivity contribution in [2.45, 2.75) is 20.3 Å². The van der Waals surface area contributed by atoms with Gasteiger partial charge in [0.2, 0.25) is 0 Å². The van der Waals surface area contributed by atoms with Gasteiger partial charge in [0, 0.05) is 6.54 Å². The Bertz CT molecular complexity index is 214. The Kier molecular flexibility index (Phi) is 6.15. The van der Waals surface area contributed by atoms with Crippen molar-refractivity contribution in [1.29, 1.82) is 0 Å². The minimum absolute atomic E-state index is 0.115. The lowest BCUT2D eigenvalue weighted by atomic mass is 10.1. The summed E-state index contributed by atoms with van der Waals surface area (Å²) in [4.78, 5) is 13.4. The average Bonchev–Trinajstić information content (AvgIpc) is 2.10. The van der Waals surface area contributed by atoms with E-state index in [4.69, 9.17) is 0 Å². The summed E-state index contributed by atoms with van der Waals surface area (Å²) in [5, 5.41) is 0. The predicted molar refractivity (Wildman–Crippen MR) is 56.7 cm³/mol. The number of ketones is 1. The number of carbonyl (C=O) groups excluding carboxylic acids is 1. The third kappa shape index (κ3) is 6.29. The second kappa shape index (κ2) is 6.61. The highest BCUT2D eigenvalue weighted by Crippen LogP contribution is 1.97.